The summed E-state index contributed by atoms with van der Waals surface area (Å²) in [4.78, 5) is 12.4. The molecule has 0 bridgehead atoms. The highest BCUT2D eigenvalue weighted by Gasteiger charge is 2.30. The van der Waals surface area contributed by atoms with Crippen LogP contribution in [0.3, 0.4) is 0 Å². The zero-order valence-corrected chi connectivity index (χ0v) is 17.9. The fourth-order valence-electron chi connectivity index (χ4n) is 3.21. The minimum absolute atomic E-state index is 0.0490. The van der Waals surface area contributed by atoms with Gasteiger partial charge in [-0.25, -0.2) is 13.2 Å². The lowest BCUT2D eigenvalue weighted by molar-refractivity contribution is -0.141. The standard InChI is InChI=1S/C21H26N2O6S/c1-3-29-18-10-9-17(15-19(18)30(25,26)23-11-13-28-14-12-23)22-20(21(24)27-2)16-7-5-4-6-8-16/h4-10,15,20,22H,3,11-14H2,1-2H3/t20-/m0/s1. The zero-order chi connectivity index (χ0) is 21.6. The van der Waals surface area contributed by atoms with Crippen molar-refractivity contribution in [1.82, 2.24) is 4.31 Å². The highest BCUT2D eigenvalue weighted by atomic mass is 32.2. The van der Waals surface area contributed by atoms with Gasteiger partial charge in [-0.1, -0.05) is 30.3 Å². The molecule has 30 heavy (non-hydrogen) atoms. The third-order valence-corrected chi connectivity index (χ3v) is 6.63. The molecule has 3 rings (SSSR count). The molecule has 0 spiro atoms. The van der Waals surface area contributed by atoms with E-state index in [2.05, 4.69) is 5.32 Å². The number of benzene rings is 2. The molecule has 1 aliphatic heterocycles. The van der Waals surface area contributed by atoms with Gasteiger partial charge < -0.3 is 19.5 Å². The van der Waals surface area contributed by atoms with Gasteiger partial charge in [0.05, 0.1) is 26.9 Å². The number of sulfonamides is 1. The Morgan fingerprint density at radius 2 is 1.87 bits per heavy atom. The Bertz CT molecular complexity index is 959. The van der Waals surface area contributed by atoms with Crippen molar-refractivity contribution in [3.63, 3.8) is 0 Å². The third kappa shape index (κ3) is 4.92. The van der Waals surface area contributed by atoms with Crippen LogP contribution in [0.4, 0.5) is 5.69 Å². The molecule has 2 aromatic carbocycles. The first-order chi connectivity index (χ1) is 14.5. The monoisotopic (exact) mass is 434 g/mol. The average Bonchev–Trinajstić information content (AvgIpc) is 2.79. The summed E-state index contributed by atoms with van der Waals surface area (Å²) in [7, 11) is -2.48. The minimum Gasteiger partial charge on any atom is -0.492 e. The first kappa shape index (κ1) is 22.1. The highest BCUT2D eigenvalue weighted by molar-refractivity contribution is 7.89. The van der Waals surface area contributed by atoms with Crippen molar-refractivity contribution >= 4 is 21.7 Å². The van der Waals surface area contributed by atoms with Crippen molar-refractivity contribution in [3.8, 4) is 5.75 Å². The van der Waals surface area contributed by atoms with Gasteiger partial charge in [-0.15, -0.1) is 0 Å². The second kappa shape index (κ2) is 9.92. The predicted octanol–water partition coefficient (Wildman–Crippen LogP) is 2.43. The fraction of sp³-hybridized carbons (Fsp3) is 0.381. The number of hydrogen-bond donors (Lipinski definition) is 1. The Labute approximate surface area is 176 Å². The molecule has 9 heteroatoms. The summed E-state index contributed by atoms with van der Waals surface area (Å²) in [6, 6.07) is 13.1. The fourth-order valence-corrected chi connectivity index (χ4v) is 4.77. The molecular formula is C21H26N2O6S. The maximum atomic E-state index is 13.3. The number of morpholine rings is 1. The Balaban J connectivity index is 1.97. The molecule has 1 heterocycles. The third-order valence-electron chi connectivity index (χ3n) is 4.71. The number of rotatable bonds is 8. The molecular weight excluding hydrogens is 408 g/mol. The lowest BCUT2D eigenvalue weighted by Crippen LogP contribution is -2.40. The van der Waals surface area contributed by atoms with E-state index in [0.717, 1.165) is 0 Å². The van der Waals surface area contributed by atoms with E-state index in [1.54, 1.807) is 31.2 Å². The maximum absolute atomic E-state index is 13.3. The van der Waals surface area contributed by atoms with E-state index >= 15 is 0 Å². The molecule has 8 nitrogen and oxygen atoms in total. The van der Waals surface area contributed by atoms with E-state index < -0.39 is 22.0 Å². The number of methoxy groups -OCH3 is 1. The minimum atomic E-state index is -3.79. The van der Waals surface area contributed by atoms with Crippen molar-refractivity contribution in [2.75, 3.05) is 45.3 Å². The topological polar surface area (TPSA) is 94.2 Å². The van der Waals surface area contributed by atoms with Gasteiger partial charge in [0.2, 0.25) is 10.0 Å². The van der Waals surface area contributed by atoms with Gasteiger partial charge in [-0.2, -0.15) is 4.31 Å². The Morgan fingerprint density at radius 3 is 2.50 bits per heavy atom. The van der Waals surface area contributed by atoms with Crippen LogP contribution in [0.1, 0.15) is 18.5 Å². The van der Waals surface area contributed by atoms with Crippen LogP contribution >= 0.6 is 0 Å². The predicted molar refractivity (Wildman–Crippen MR) is 112 cm³/mol. The van der Waals surface area contributed by atoms with Gasteiger partial charge >= 0.3 is 5.97 Å². The molecule has 1 atom stereocenters. The van der Waals surface area contributed by atoms with Crippen LogP contribution in [0, 0.1) is 0 Å². The van der Waals surface area contributed by atoms with Crippen LogP contribution < -0.4 is 10.1 Å². The maximum Gasteiger partial charge on any atom is 0.332 e. The van der Waals surface area contributed by atoms with E-state index in [1.165, 1.54) is 17.5 Å². The number of carbonyl (C=O) groups is 1. The normalized spacial score (nSPS) is 15.9. The van der Waals surface area contributed by atoms with E-state index in [1.807, 2.05) is 18.2 Å². The molecule has 0 radical (unpaired) electrons. The van der Waals surface area contributed by atoms with Gasteiger partial charge in [-0.3, -0.25) is 0 Å². The number of anilines is 1. The van der Waals surface area contributed by atoms with Crippen LogP contribution in [-0.2, 0) is 24.3 Å². The molecule has 0 amide bonds. The van der Waals surface area contributed by atoms with Gasteiger partial charge in [0, 0.05) is 18.8 Å². The second-order valence-corrected chi connectivity index (χ2v) is 8.53. The number of ether oxygens (including phenoxy) is 3. The Morgan fingerprint density at radius 1 is 1.17 bits per heavy atom. The summed E-state index contributed by atoms with van der Waals surface area (Å²) in [6.45, 7) is 3.37. The van der Waals surface area contributed by atoms with Crippen molar-refractivity contribution in [2.24, 2.45) is 0 Å². The van der Waals surface area contributed by atoms with Crippen LogP contribution in [0.5, 0.6) is 5.75 Å². The van der Waals surface area contributed by atoms with Crippen LogP contribution in [0.15, 0.2) is 53.4 Å². The van der Waals surface area contributed by atoms with Crippen LogP contribution in [-0.4, -0.2) is 58.7 Å². The first-order valence-electron chi connectivity index (χ1n) is 9.71. The van der Waals surface area contributed by atoms with E-state index in [0.29, 0.717) is 31.1 Å². The van der Waals surface area contributed by atoms with Gasteiger partial charge in [-0.05, 0) is 30.7 Å². The summed E-state index contributed by atoms with van der Waals surface area (Å²) in [5.41, 5.74) is 1.17. The first-order valence-corrected chi connectivity index (χ1v) is 11.2. The SMILES string of the molecule is CCOc1ccc(N[C@H](C(=O)OC)c2ccccc2)cc1S(=O)(=O)N1CCOCC1. The largest absolute Gasteiger partial charge is 0.492 e. The summed E-state index contributed by atoms with van der Waals surface area (Å²) >= 11 is 0. The lowest BCUT2D eigenvalue weighted by Gasteiger charge is -2.27. The van der Waals surface area contributed by atoms with Crippen molar-refractivity contribution < 1.29 is 27.4 Å². The molecule has 0 saturated carbocycles. The molecule has 0 aromatic heterocycles. The van der Waals surface area contributed by atoms with Crippen LogP contribution in [0.2, 0.25) is 0 Å². The second-order valence-electron chi connectivity index (χ2n) is 6.62. The van der Waals surface area contributed by atoms with Gasteiger partial charge in [0.1, 0.15) is 10.6 Å². The molecule has 1 saturated heterocycles. The quantitative estimate of drug-likeness (QED) is 0.638. The number of nitrogens with zero attached hydrogens (tertiary/aromatic N) is 1. The smallest absolute Gasteiger partial charge is 0.332 e. The number of esters is 1. The van der Waals surface area contributed by atoms with E-state index in [9.17, 15) is 13.2 Å². The summed E-state index contributed by atoms with van der Waals surface area (Å²) < 4.78 is 43.7. The molecule has 0 unspecified atom stereocenters. The van der Waals surface area contributed by atoms with Gasteiger partial charge in [0.25, 0.3) is 0 Å². The number of hydrogen-bond acceptors (Lipinski definition) is 7. The molecule has 0 aliphatic carbocycles. The van der Waals surface area contributed by atoms with Crippen molar-refractivity contribution in [2.45, 2.75) is 17.9 Å². The van der Waals surface area contributed by atoms with E-state index in [4.69, 9.17) is 14.2 Å². The molecule has 2 aromatic rings. The van der Waals surface area contributed by atoms with Crippen molar-refractivity contribution in [3.05, 3.63) is 54.1 Å². The Kier molecular flexibility index (Phi) is 7.30. The van der Waals surface area contributed by atoms with Crippen LogP contribution in [0.25, 0.3) is 0 Å². The molecule has 1 fully saturated rings. The number of carbonyl (C=O) groups excluding carboxylic acids is 1. The summed E-state index contributed by atoms with van der Waals surface area (Å²) in [5.74, 6) is -0.212. The number of nitrogens with one attached hydrogen (secondary N) is 1. The Hall–Kier alpha value is -2.62. The van der Waals surface area contributed by atoms with Gasteiger partial charge in [0.15, 0.2) is 6.04 Å². The van der Waals surface area contributed by atoms with E-state index in [-0.39, 0.29) is 23.7 Å². The highest BCUT2D eigenvalue weighted by Crippen LogP contribution is 2.32. The molecule has 1 N–H and O–H groups in total. The molecule has 162 valence electrons. The molecule has 1 aliphatic rings. The lowest BCUT2D eigenvalue weighted by atomic mass is 10.1. The summed E-state index contributed by atoms with van der Waals surface area (Å²) in [5, 5.41) is 3.09. The zero-order valence-electron chi connectivity index (χ0n) is 17.0. The average molecular weight is 435 g/mol. The van der Waals surface area contributed by atoms with Crippen molar-refractivity contribution in [1.29, 1.82) is 0 Å². The summed E-state index contributed by atoms with van der Waals surface area (Å²) in [6.07, 6.45) is 0.